The summed E-state index contributed by atoms with van der Waals surface area (Å²) < 4.78 is 37.7. The van der Waals surface area contributed by atoms with E-state index in [9.17, 15) is 12.8 Å². The first-order valence-corrected chi connectivity index (χ1v) is 6.94. The predicted molar refractivity (Wildman–Crippen MR) is 64.0 cm³/mol. The Hall–Kier alpha value is -0.810. The molecule has 0 bridgehead atoms. The van der Waals surface area contributed by atoms with E-state index in [2.05, 4.69) is 4.72 Å². The molecule has 3 nitrogen and oxygen atoms in total. The third-order valence-corrected chi connectivity index (χ3v) is 2.89. The number of benzene rings is 1. The Morgan fingerprint density at radius 3 is 2.38 bits per heavy atom. The molecule has 0 saturated heterocycles. The highest BCUT2D eigenvalue weighted by Gasteiger charge is 2.14. The lowest BCUT2D eigenvalue weighted by atomic mass is 10.0. The van der Waals surface area contributed by atoms with Crippen molar-refractivity contribution in [3.63, 3.8) is 0 Å². The van der Waals surface area contributed by atoms with Gasteiger partial charge in [-0.3, -0.25) is 4.72 Å². The van der Waals surface area contributed by atoms with Gasteiger partial charge in [0.25, 0.3) is 0 Å². The van der Waals surface area contributed by atoms with Crippen LogP contribution in [-0.4, -0.2) is 14.7 Å². The number of hydrogen-bond donors (Lipinski definition) is 1. The molecule has 0 heterocycles. The van der Waals surface area contributed by atoms with Gasteiger partial charge in [0.15, 0.2) is 0 Å². The van der Waals surface area contributed by atoms with E-state index in [1.54, 1.807) is 0 Å². The molecule has 0 radical (unpaired) electrons. The summed E-state index contributed by atoms with van der Waals surface area (Å²) in [5.41, 5.74) is 0.899. The average molecular weight is 266 g/mol. The summed E-state index contributed by atoms with van der Waals surface area (Å²) in [4.78, 5) is 0. The first-order valence-electron chi connectivity index (χ1n) is 4.67. The van der Waals surface area contributed by atoms with Crippen molar-refractivity contribution < 1.29 is 12.8 Å². The van der Waals surface area contributed by atoms with Crippen LogP contribution in [0.1, 0.15) is 25.3 Å². The van der Waals surface area contributed by atoms with Crippen molar-refractivity contribution in [1.29, 1.82) is 0 Å². The monoisotopic (exact) mass is 265 g/mol. The van der Waals surface area contributed by atoms with Gasteiger partial charge in [-0.25, -0.2) is 12.8 Å². The van der Waals surface area contributed by atoms with Crippen LogP contribution in [0.25, 0.3) is 0 Å². The van der Waals surface area contributed by atoms with Gasteiger partial charge in [0, 0.05) is 0 Å². The summed E-state index contributed by atoms with van der Waals surface area (Å²) in [5, 5.41) is -0.0113. The van der Waals surface area contributed by atoms with Gasteiger partial charge in [-0.2, -0.15) is 0 Å². The fourth-order valence-corrected chi connectivity index (χ4v) is 2.08. The minimum atomic E-state index is -3.42. The van der Waals surface area contributed by atoms with E-state index < -0.39 is 15.8 Å². The second kappa shape index (κ2) is 4.59. The Balaban J connectivity index is 3.31. The number of hydrogen-bond acceptors (Lipinski definition) is 2. The molecule has 1 aromatic rings. The minimum Gasteiger partial charge on any atom is -0.283 e. The van der Waals surface area contributed by atoms with Crippen LogP contribution in [0.15, 0.2) is 12.1 Å². The van der Waals surface area contributed by atoms with Crippen LogP contribution in [0.5, 0.6) is 0 Å². The van der Waals surface area contributed by atoms with Crippen LogP contribution in [0.3, 0.4) is 0 Å². The summed E-state index contributed by atoms with van der Waals surface area (Å²) in [6.07, 6.45) is 1.02. The summed E-state index contributed by atoms with van der Waals surface area (Å²) in [5.74, 6) is -0.598. The fourth-order valence-electron chi connectivity index (χ4n) is 1.33. The average Bonchev–Trinajstić information content (AvgIpc) is 2.07. The molecule has 90 valence electrons. The van der Waals surface area contributed by atoms with Crippen LogP contribution >= 0.6 is 11.6 Å². The molecule has 0 fully saturated rings. The molecular formula is C10H13ClFNO2S. The zero-order valence-electron chi connectivity index (χ0n) is 9.21. The zero-order chi connectivity index (χ0) is 12.5. The molecule has 0 aliphatic heterocycles. The maximum Gasteiger partial charge on any atom is 0.229 e. The van der Waals surface area contributed by atoms with Crippen molar-refractivity contribution in [1.82, 2.24) is 0 Å². The molecule has 0 aliphatic rings. The van der Waals surface area contributed by atoms with Crippen molar-refractivity contribution >= 4 is 27.3 Å². The number of halogens is 2. The highest BCUT2D eigenvalue weighted by atomic mass is 35.5. The van der Waals surface area contributed by atoms with Gasteiger partial charge in [-0.1, -0.05) is 25.4 Å². The lowest BCUT2D eigenvalue weighted by molar-refractivity contribution is 0.606. The van der Waals surface area contributed by atoms with Crippen LogP contribution in [0, 0.1) is 5.82 Å². The molecule has 0 spiro atoms. The quantitative estimate of drug-likeness (QED) is 0.913. The molecule has 1 rings (SSSR count). The summed E-state index contributed by atoms with van der Waals surface area (Å²) >= 11 is 5.65. The fraction of sp³-hybridized carbons (Fsp3) is 0.400. The van der Waals surface area contributed by atoms with E-state index >= 15 is 0 Å². The number of sulfonamides is 1. The molecule has 0 aromatic heterocycles. The Morgan fingerprint density at radius 2 is 1.94 bits per heavy atom. The normalized spacial score (nSPS) is 11.9. The molecule has 1 aromatic carbocycles. The second-order valence-corrected chi connectivity index (χ2v) is 6.04. The standard InChI is InChI=1S/C10H13ClFNO2S/c1-6(2)7-4-8(11)9(12)5-10(7)13-16(3,14)15/h4-6,13H,1-3H3. The molecule has 0 amide bonds. The van der Waals surface area contributed by atoms with Crippen molar-refractivity contribution in [2.75, 3.05) is 11.0 Å². The summed E-state index contributed by atoms with van der Waals surface area (Å²) in [6.45, 7) is 3.74. The molecular weight excluding hydrogens is 253 g/mol. The maximum absolute atomic E-state index is 13.2. The van der Waals surface area contributed by atoms with Crippen molar-refractivity contribution in [3.05, 3.63) is 28.5 Å². The van der Waals surface area contributed by atoms with Crippen LogP contribution in [0.4, 0.5) is 10.1 Å². The predicted octanol–water partition coefficient (Wildman–Crippen LogP) is 2.97. The van der Waals surface area contributed by atoms with E-state index in [4.69, 9.17) is 11.6 Å². The highest BCUT2D eigenvalue weighted by molar-refractivity contribution is 7.92. The van der Waals surface area contributed by atoms with E-state index in [-0.39, 0.29) is 16.6 Å². The Morgan fingerprint density at radius 1 is 1.38 bits per heavy atom. The third-order valence-electron chi connectivity index (χ3n) is 2.01. The lowest BCUT2D eigenvalue weighted by Crippen LogP contribution is -2.12. The van der Waals surface area contributed by atoms with Crippen molar-refractivity contribution in [2.45, 2.75) is 19.8 Å². The molecule has 0 aliphatic carbocycles. The number of rotatable bonds is 3. The number of nitrogens with one attached hydrogen (secondary N) is 1. The van der Waals surface area contributed by atoms with Crippen LogP contribution in [-0.2, 0) is 10.0 Å². The van der Waals surface area contributed by atoms with Crippen molar-refractivity contribution in [3.8, 4) is 0 Å². The zero-order valence-corrected chi connectivity index (χ0v) is 10.8. The largest absolute Gasteiger partial charge is 0.283 e. The van der Waals surface area contributed by atoms with Gasteiger partial charge in [-0.05, 0) is 23.6 Å². The summed E-state index contributed by atoms with van der Waals surface area (Å²) in [6, 6.07) is 2.54. The Kier molecular flexibility index (Phi) is 3.80. The Bertz CT molecular complexity index is 500. The van der Waals surface area contributed by atoms with Crippen LogP contribution in [0.2, 0.25) is 5.02 Å². The van der Waals surface area contributed by atoms with Gasteiger partial charge in [0.1, 0.15) is 5.82 Å². The van der Waals surface area contributed by atoms with E-state index in [1.165, 1.54) is 6.07 Å². The van der Waals surface area contributed by atoms with E-state index in [0.717, 1.165) is 12.3 Å². The van der Waals surface area contributed by atoms with Gasteiger partial charge in [0.05, 0.1) is 17.0 Å². The highest BCUT2D eigenvalue weighted by Crippen LogP contribution is 2.30. The van der Waals surface area contributed by atoms with E-state index in [0.29, 0.717) is 5.56 Å². The van der Waals surface area contributed by atoms with Gasteiger partial charge in [0.2, 0.25) is 10.0 Å². The lowest BCUT2D eigenvalue weighted by Gasteiger charge is -2.14. The molecule has 1 N–H and O–H groups in total. The third kappa shape index (κ3) is 3.35. The van der Waals surface area contributed by atoms with Gasteiger partial charge >= 0.3 is 0 Å². The maximum atomic E-state index is 13.2. The van der Waals surface area contributed by atoms with E-state index in [1.807, 2.05) is 13.8 Å². The van der Waals surface area contributed by atoms with Gasteiger partial charge < -0.3 is 0 Å². The molecule has 0 atom stereocenters. The SMILES string of the molecule is CC(C)c1cc(Cl)c(F)cc1NS(C)(=O)=O. The topological polar surface area (TPSA) is 46.2 Å². The first kappa shape index (κ1) is 13.3. The van der Waals surface area contributed by atoms with Gasteiger partial charge in [-0.15, -0.1) is 0 Å². The molecule has 0 unspecified atom stereocenters. The number of anilines is 1. The summed E-state index contributed by atoms with van der Waals surface area (Å²) in [7, 11) is -3.42. The smallest absolute Gasteiger partial charge is 0.229 e. The molecule has 0 saturated carbocycles. The van der Waals surface area contributed by atoms with Crippen LogP contribution < -0.4 is 4.72 Å². The minimum absolute atomic E-state index is 0.0113. The second-order valence-electron chi connectivity index (χ2n) is 3.88. The molecule has 16 heavy (non-hydrogen) atoms. The first-order chi connectivity index (χ1) is 7.20. The molecule has 6 heteroatoms. The Labute approximate surface area is 99.7 Å². The van der Waals surface area contributed by atoms with Crippen molar-refractivity contribution in [2.24, 2.45) is 0 Å².